The first-order chi connectivity index (χ1) is 7.13. The van der Waals surface area contributed by atoms with Crippen LogP contribution >= 0.6 is 0 Å². The SMILES string of the molecule is COCc1cccc(NC(=O)C(=O)O)c1. The molecule has 0 aliphatic carbocycles. The molecule has 0 radical (unpaired) electrons. The van der Waals surface area contributed by atoms with E-state index >= 15 is 0 Å². The second kappa shape index (κ2) is 5.11. The van der Waals surface area contributed by atoms with Gasteiger partial charge in [0, 0.05) is 12.8 Å². The van der Waals surface area contributed by atoms with Gasteiger partial charge in [-0.15, -0.1) is 0 Å². The first-order valence-corrected chi connectivity index (χ1v) is 4.25. The number of carbonyl (C=O) groups excluding carboxylic acids is 1. The lowest BCUT2D eigenvalue weighted by molar-refractivity contribution is -0.147. The molecule has 0 saturated carbocycles. The van der Waals surface area contributed by atoms with E-state index in [1.165, 1.54) is 0 Å². The minimum Gasteiger partial charge on any atom is -0.474 e. The Morgan fingerprint density at radius 2 is 2.20 bits per heavy atom. The van der Waals surface area contributed by atoms with Crippen molar-refractivity contribution in [1.82, 2.24) is 0 Å². The van der Waals surface area contributed by atoms with E-state index in [1.807, 2.05) is 6.07 Å². The molecular weight excluding hydrogens is 198 g/mol. The van der Waals surface area contributed by atoms with E-state index in [1.54, 1.807) is 25.3 Å². The molecule has 0 atom stereocenters. The molecule has 5 nitrogen and oxygen atoms in total. The number of ether oxygens (including phenoxy) is 1. The molecule has 0 unspecified atom stereocenters. The Labute approximate surface area is 86.7 Å². The van der Waals surface area contributed by atoms with Crippen molar-refractivity contribution in [2.75, 3.05) is 12.4 Å². The molecule has 5 heteroatoms. The van der Waals surface area contributed by atoms with E-state index < -0.39 is 11.9 Å². The zero-order valence-corrected chi connectivity index (χ0v) is 8.19. The number of anilines is 1. The molecule has 80 valence electrons. The number of rotatable bonds is 3. The monoisotopic (exact) mass is 209 g/mol. The summed E-state index contributed by atoms with van der Waals surface area (Å²) >= 11 is 0. The molecule has 2 N–H and O–H groups in total. The van der Waals surface area contributed by atoms with Gasteiger partial charge in [-0.3, -0.25) is 4.79 Å². The van der Waals surface area contributed by atoms with Crippen molar-refractivity contribution in [2.45, 2.75) is 6.61 Å². The highest BCUT2D eigenvalue weighted by Crippen LogP contribution is 2.11. The normalized spacial score (nSPS) is 9.67. The van der Waals surface area contributed by atoms with E-state index in [-0.39, 0.29) is 0 Å². The van der Waals surface area contributed by atoms with Crippen molar-refractivity contribution in [3.63, 3.8) is 0 Å². The quantitative estimate of drug-likeness (QED) is 0.724. The van der Waals surface area contributed by atoms with Crippen molar-refractivity contribution < 1.29 is 19.4 Å². The molecule has 0 saturated heterocycles. The molecule has 0 aromatic heterocycles. The molecule has 0 aliphatic rings. The van der Waals surface area contributed by atoms with Crippen LogP contribution in [0, 0.1) is 0 Å². The number of aliphatic carboxylic acids is 1. The van der Waals surface area contributed by atoms with Gasteiger partial charge < -0.3 is 15.2 Å². The Morgan fingerprint density at radius 3 is 2.80 bits per heavy atom. The summed E-state index contributed by atoms with van der Waals surface area (Å²) in [4.78, 5) is 21.1. The number of hydrogen-bond acceptors (Lipinski definition) is 3. The lowest BCUT2D eigenvalue weighted by Gasteiger charge is -2.04. The van der Waals surface area contributed by atoms with Crippen molar-refractivity contribution >= 4 is 17.6 Å². The van der Waals surface area contributed by atoms with Crippen LogP contribution in [0.25, 0.3) is 0 Å². The number of amides is 1. The Bertz CT molecular complexity index is 375. The third-order valence-corrected chi connectivity index (χ3v) is 1.69. The molecule has 1 amide bonds. The average Bonchev–Trinajstić information content (AvgIpc) is 2.18. The highest BCUT2D eigenvalue weighted by atomic mass is 16.5. The minimum absolute atomic E-state index is 0.413. The van der Waals surface area contributed by atoms with Crippen molar-refractivity contribution in [3.8, 4) is 0 Å². The highest BCUT2D eigenvalue weighted by molar-refractivity contribution is 6.36. The molecule has 0 aliphatic heterocycles. The largest absolute Gasteiger partial charge is 0.474 e. The standard InChI is InChI=1S/C10H11NO4/c1-15-6-7-3-2-4-8(5-7)11-9(12)10(13)14/h2-5H,6H2,1H3,(H,11,12)(H,13,14). The first kappa shape index (κ1) is 11.2. The van der Waals surface area contributed by atoms with Crippen LogP contribution < -0.4 is 5.32 Å². The molecule has 1 aromatic carbocycles. The number of methoxy groups -OCH3 is 1. The summed E-state index contributed by atoms with van der Waals surface area (Å²) in [5.41, 5.74) is 1.30. The summed E-state index contributed by atoms with van der Waals surface area (Å²) in [6, 6.07) is 6.80. The van der Waals surface area contributed by atoms with Crippen LogP contribution in [0.1, 0.15) is 5.56 Å². The molecule has 0 heterocycles. The van der Waals surface area contributed by atoms with E-state index in [9.17, 15) is 9.59 Å². The maximum atomic E-state index is 10.8. The van der Waals surface area contributed by atoms with Crippen molar-refractivity contribution in [3.05, 3.63) is 29.8 Å². The van der Waals surface area contributed by atoms with Gasteiger partial charge >= 0.3 is 11.9 Å². The van der Waals surface area contributed by atoms with Crippen molar-refractivity contribution in [1.29, 1.82) is 0 Å². The van der Waals surface area contributed by atoms with Gasteiger partial charge in [0.1, 0.15) is 0 Å². The van der Waals surface area contributed by atoms with Crippen molar-refractivity contribution in [2.24, 2.45) is 0 Å². The summed E-state index contributed by atoms with van der Waals surface area (Å²) in [5, 5.41) is 10.6. The number of carbonyl (C=O) groups is 2. The van der Waals surface area contributed by atoms with E-state index in [0.29, 0.717) is 12.3 Å². The van der Waals surface area contributed by atoms with Crippen LogP contribution in [0.15, 0.2) is 24.3 Å². The van der Waals surface area contributed by atoms with Gasteiger partial charge in [-0.2, -0.15) is 0 Å². The summed E-state index contributed by atoms with van der Waals surface area (Å²) < 4.78 is 4.91. The Hall–Kier alpha value is -1.88. The average molecular weight is 209 g/mol. The zero-order chi connectivity index (χ0) is 11.3. The van der Waals surface area contributed by atoms with Gasteiger partial charge in [-0.1, -0.05) is 12.1 Å². The number of carboxylic acids is 1. The van der Waals surface area contributed by atoms with E-state index in [4.69, 9.17) is 9.84 Å². The third kappa shape index (κ3) is 3.40. The molecule has 0 fully saturated rings. The fraction of sp³-hybridized carbons (Fsp3) is 0.200. The second-order valence-electron chi connectivity index (χ2n) is 2.89. The predicted octanol–water partition coefficient (Wildman–Crippen LogP) is 0.856. The predicted molar refractivity (Wildman–Crippen MR) is 53.4 cm³/mol. The number of carboxylic acid groups (broad SMARTS) is 1. The first-order valence-electron chi connectivity index (χ1n) is 4.25. The van der Waals surface area contributed by atoms with Crippen LogP contribution in [0.3, 0.4) is 0 Å². The molecule has 0 spiro atoms. The van der Waals surface area contributed by atoms with Crippen LogP contribution in [-0.4, -0.2) is 24.1 Å². The summed E-state index contributed by atoms with van der Waals surface area (Å²) in [6.07, 6.45) is 0. The Balaban J connectivity index is 2.73. The molecule has 15 heavy (non-hydrogen) atoms. The highest BCUT2D eigenvalue weighted by Gasteiger charge is 2.10. The number of nitrogens with one attached hydrogen (secondary N) is 1. The maximum absolute atomic E-state index is 10.8. The Morgan fingerprint density at radius 1 is 1.47 bits per heavy atom. The maximum Gasteiger partial charge on any atom is 0.394 e. The number of benzene rings is 1. The molecule has 1 rings (SSSR count). The van der Waals surface area contributed by atoms with E-state index in [0.717, 1.165) is 5.56 Å². The van der Waals surface area contributed by atoms with Crippen LogP contribution in [0.5, 0.6) is 0 Å². The van der Waals surface area contributed by atoms with Crippen LogP contribution in [0.4, 0.5) is 5.69 Å². The second-order valence-corrected chi connectivity index (χ2v) is 2.89. The molecule has 1 aromatic rings. The van der Waals surface area contributed by atoms with E-state index in [2.05, 4.69) is 5.32 Å². The van der Waals surface area contributed by atoms with Gasteiger partial charge in [0.15, 0.2) is 0 Å². The van der Waals surface area contributed by atoms with Crippen LogP contribution in [0.2, 0.25) is 0 Å². The summed E-state index contributed by atoms with van der Waals surface area (Å²) in [6.45, 7) is 0.413. The smallest absolute Gasteiger partial charge is 0.394 e. The lowest BCUT2D eigenvalue weighted by Crippen LogP contribution is -2.21. The third-order valence-electron chi connectivity index (χ3n) is 1.69. The summed E-state index contributed by atoms with van der Waals surface area (Å²) in [7, 11) is 1.56. The van der Waals surface area contributed by atoms with Gasteiger partial charge in [0.05, 0.1) is 6.61 Å². The molecular formula is C10H11NO4. The number of hydrogen-bond donors (Lipinski definition) is 2. The molecule has 0 bridgehead atoms. The summed E-state index contributed by atoms with van der Waals surface area (Å²) in [5.74, 6) is -2.56. The fourth-order valence-corrected chi connectivity index (χ4v) is 1.09. The van der Waals surface area contributed by atoms with Gasteiger partial charge in [0.2, 0.25) is 0 Å². The topological polar surface area (TPSA) is 75.6 Å². The van der Waals surface area contributed by atoms with Gasteiger partial charge in [-0.05, 0) is 17.7 Å². The van der Waals surface area contributed by atoms with Gasteiger partial charge in [0.25, 0.3) is 0 Å². The van der Waals surface area contributed by atoms with Crippen LogP contribution in [-0.2, 0) is 20.9 Å². The fourth-order valence-electron chi connectivity index (χ4n) is 1.09. The Kier molecular flexibility index (Phi) is 3.82. The van der Waals surface area contributed by atoms with Gasteiger partial charge in [-0.25, -0.2) is 4.79 Å². The minimum atomic E-state index is -1.51. The zero-order valence-electron chi connectivity index (χ0n) is 8.19. The lowest BCUT2D eigenvalue weighted by atomic mass is 10.2.